The zero-order valence-corrected chi connectivity index (χ0v) is 12.2. The molecule has 1 aromatic carbocycles. The molecule has 0 radical (unpaired) electrons. The molecule has 1 heterocycles. The van der Waals surface area contributed by atoms with E-state index in [1.54, 1.807) is 13.2 Å². The smallest absolute Gasteiger partial charge is 0.273 e. The quantitative estimate of drug-likeness (QED) is 0.485. The second-order valence-electron chi connectivity index (χ2n) is 3.65. The van der Waals surface area contributed by atoms with E-state index in [4.69, 9.17) is 21.7 Å². The third kappa shape index (κ3) is 2.90. The Balaban J connectivity index is 2.29. The third-order valence-corrected chi connectivity index (χ3v) is 3.74. The van der Waals surface area contributed by atoms with Crippen molar-refractivity contribution in [1.82, 2.24) is 0 Å². The first-order chi connectivity index (χ1) is 9.17. The summed E-state index contributed by atoms with van der Waals surface area (Å²) >= 11 is 6.47. The maximum Gasteiger partial charge on any atom is 0.273 e. The summed E-state index contributed by atoms with van der Waals surface area (Å²) in [4.78, 5) is 14.2. The van der Waals surface area contributed by atoms with Crippen molar-refractivity contribution in [2.75, 3.05) is 18.6 Å². The minimum absolute atomic E-state index is 0.170. The Morgan fingerprint density at radius 1 is 1.47 bits per heavy atom. The van der Waals surface area contributed by atoms with E-state index in [-0.39, 0.29) is 5.91 Å². The van der Waals surface area contributed by atoms with Gasteiger partial charge in [0.1, 0.15) is 16.9 Å². The van der Waals surface area contributed by atoms with E-state index >= 15 is 0 Å². The Bertz CT molecular complexity index is 542. The van der Waals surface area contributed by atoms with Crippen LogP contribution in [0.3, 0.4) is 0 Å². The number of hydrogen-bond acceptors (Lipinski definition) is 5. The highest BCUT2D eigenvalue weighted by Crippen LogP contribution is 2.35. The first-order valence-electron chi connectivity index (χ1n) is 5.69. The summed E-state index contributed by atoms with van der Waals surface area (Å²) in [7, 11) is 1.58. The number of ether oxygens (including phenoxy) is 2. The second kappa shape index (κ2) is 6.08. The molecule has 0 aromatic heterocycles. The number of thiocarbonyl (C=S) groups is 1. The fraction of sp³-hybridized carbons (Fsp3) is 0.231. The van der Waals surface area contributed by atoms with Crippen LogP contribution in [0, 0.1) is 0 Å². The first-order valence-corrected chi connectivity index (χ1v) is 6.92. The Morgan fingerprint density at radius 3 is 2.95 bits per heavy atom. The molecule has 1 amide bonds. The molecule has 6 heteroatoms. The Morgan fingerprint density at radius 2 is 2.26 bits per heavy atom. The van der Waals surface area contributed by atoms with Gasteiger partial charge in [-0.15, -0.1) is 0 Å². The first kappa shape index (κ1) is 13.9. The van der Waals surface area contributed by atoms with Crippen LogP contribution in [0.2, 0.25) is 0 Å². The van der Waals surface area contributed by atoms with Crippen molar-refractivity contribution in [3.05, 3.63) is 35.4 Å². The Kier molecular flexibility index (Phi) is 4.44. The van der Waals surface area contributed by atoms with Crippen molar-refractivity contribution in [2.24, 2.45) is 0 Å². The molecule has 0 bridgehead atoms. The van der Waals surface area contributed by atoms with E-state index < -0.39 is 0 Å². The van der Waals surface area contributed by atoms with Gasteiger partial charge in [0.25, 0.3) is 5.91 Å². The molecular weight excluding hydrogens is 282 g/mol. The van der Waals surface area contributed by atoms with Crippen LogP contribution in [0.4, 0.5) is 5.69 Å². The van der Waals surface area contributed by atoms with Crippen LogP contribution in [0.15, 0.2) is 35.4 Å². The molecule has 0 spiro atoms. The number of benzene rings is 1. The molecule has 1 aromatic rings. The maximum atomic E-state index is 12.3. The average molecular weight is 295 g/mol. The fourth-order valence-corrected chi connectivity index (χ4v) is 2.80. The molecule has 0 saturated carbocycles. The van der Waals surface area contributed by atoms with Crippen LogP contribution < -0.4 is 9.64 Å². The van der Waals surface area contributed by atoms with Crippen molar-refractivity contribution >= 4 is 39.9 Å². The lowest BCUT2D eigenvalue weighted by Gasteiger charge is -2.15. The Hall–Kier alpha value is -1.53. The number of thioether (sulfide) groups is 1. The van der Waals surface area contributed by atoms with Gasteiger partial charge in [-0.05, 0) is 19.1 Å². The van der Waals surface area contributed by atoms with Crippen molar-refractivity contribution < 1.29 is 14.3 Å². The highest BCUT2D eigenvalue weighted by molar-refractivity contribution is 8.27. The van der Waals surface area contributed by atoms with E-state index in [2.05, 4.69) is 0 Å². The van der Waals surface area contributed by atoms with E-state index in [1.807, 2.05) is 25.1 Å². The summed E-state index contributed by atoms with van der Waals surface area (Å²) < 4.78 is 10.8. The molecular formula is C13H13NO3S2. The molecule has 2 rings (SSSR count). The predicted octanol–water partition coefficient (Wildman–Crippen LogP) is 2.94. The molecule has 1 saturated heterocycles. The van der Waals surface area contributed by atoms with E-state index in [0.29, 0.717) is 27.3 Å². The van der Waals surface area contributed by atoms with Gasteiger partial charge in [0.15, 0.2) is 4.32 Å². The number of carbonyl (C=O) groups is 1. The monoisotopic (exact) mass is 295 g/mol. The number of anilines is 1. The number of nitrogens with zero attached hydrogens (tertiary/aromatic N) is 1. The summed E-state index contributed by atoms with van der Waals surface area (Å²) in [6, 6.07) is 7.22. The van der Waals surface area contributed by atoms with Gasteiger partial charge < -0.3 is 9.47 Å². The number of amides is 1. The van der Waals surface area contributed by atoms with Crippen molar-refractivity contribution in [2.45, 2.75) is 6.92 Å². The zero-order chi connectivity index (χ0) is 13.8. The number of rotatable bonds is 4. The SMILES string of the molecule is CCO/C=C1\SC(=S)N(c2cccc(OC)c2)C1=O. The van der Waals surface area contributed by atoms with Crippen LogP contribution >= 0.6 is 24.0 Å². The van der Waals surface area contributed by atoms with Crippen LogP contribution in [-0.2, 0) is 9.53 Å². The summed E-state index contributed by atoms with van der Waals surface area (Å²) in [5.41, 5.74) is 0.696. The average Bonchev–Trinajstić information content (AvgIpc) is 2.71. The molecule has 1 fully saturated rings. The fourth-order valence-electron chi connectivity index (χ4n) is 1.58. The molecule has 1 aliphatic rings. The van der Waals surface area contributed by atoms with Gasteiger partial charge in [0, 0.05) is 6.07 Å². The van der Waals surface area contributed by atoms with Gasteiger partial charge in [-0.25, -0.2) is 0 Å². The van der Waals surface area contributed by atoms with E-state index in [0.717, 1.165) is 0 Å². The number of carbonyl (C=O) groups excluding carboxylic acids is 1. The number of hydrogen-bond donors (Lipinski definition) is 0. The van der Waals surface area contributed by atoms with Crippen LogP contribution in [0.1, 0.15) is 6.92 Å². The minimum Gasteiger partial charge on any atom is -0.500 e. The second-order valence-corrected chi connectivity index (χ2v) is 5.32. The van der Waals surface area contributed by atoms with Crippen LogP contribution in [0.25, 0.3) is 0 Å². The van der Waals surface area contributed by atoms with E-state index in [9.17, 15) is 4.79 Å². The summed E-state index contributed by atoms with van der Waals surface area (Å²) in [5.74, 6) is 0.511. The molecule has 0 atom stereocenters. The van der Waals surface area contributed by atoms with Crippen LogP contribution in [0.5, 0.6) is 5.75 Å². The van der Waals surface area contributed by atoms with Crippen molar-refractivity contribution in [3.8, 4) is 5.75 Å². The topological polar surface area (TPSA) is 38.8 Å². The van der Waals surface area contributed by atoms with Gasteiger partial charge in [-0.1, -0.05) is 30.0 Å². The molecule has 100 valence electrons. The molecule has 0 unspecified atom stereocenters. The van der Waals surface area contributed by atoms with Crippen molar-refractivity contribution in [3.63, 3.8) is 0 Å². The van der Waals surface area contributed by atoms with E-state index in [1.165, 1.54) is 22.9 Å². The largest absolute Gasteiger partial charge is 0.500 e. The third-order valence-electron chi connectivity index (χ3n) is 2.46. The van der Waals surface area contributed by atoms with Crippen molar-refractivity contribution in [1.29, 1.82) is 0 Å². The minimum atomic E-state index is -0.170. The Labute approximate surface area is 121 Å². The lowest BCUT2D eigenvalue weighted by Crippen LogP contribution is -2.27. The molecule has 4 nitrogen and oxygen atoms in total. The molecule has 1 aliphatic heterocycles. The highest BCUT2D eigenvalue weighted by Gasteiger charge is 2.33. The van der Waals surface area contributed by atoms with Gasteiger partial charge >= 0.3 is 0 Å². The van der Waals surface area contributed by atoms with Gasteiger partial charge in [0.2, 0.25) is 0 Å². The van der Waals surface area contributed by atoms with Gasteiger partial charge in [-0.3, -0.25) is 9.69 Å². The van der Waals surface area contributed by atoms with Gasteiger partial charge in [0.05, 0.1) is 19.4 Å². The number of methoxy groups -OCH3 is 1. The summed E-state index contributed by atoms with van der Waals surface area (Å²) in [6.45, 7) is 2.38. The lowest BCUT2D eigenvalue weighted by molar-refractivity contribution is -0.113. The molecule has 19 heavy (non-hydrogen) atoms. The summed E-state index contributed by atoms with van der Waals surface area (Å²) in [5, 5.41) is 0. The molecule has 0 N–H and O–H groups in total. The molecule has 0 aliphatic carbocycles. The van der Waals surface area contributed by atoms with Crippen LogP contribution in [-0.4, -0.2) is 23.9 Å². The maximum absolute atomic E-state index is 12.3. The lowest BCUT2D eigenvalue weighted by atomic mass is 10.2. The summed E-state index contributed by atoms with van der Waals surface area (Å²) in [6.07, 6.45) is 1.46. The normalized spacial score (nSPS) is 17.2. The van der Waals surface area contributed by atoms with Gasteiger partial charge in [-0.2, -0.15) is 0 Å². The zero-order valence-electron chi connectivity index (χ0n) is 10.6. The highest BCUT2D eigenvalue weighted by atomic mass is 32.2. The predicted molar refractivity (Wildman–Crippen MR) is 80.4 cm³/mol. The standard InChI is InChI=1S/C13H13NO3S2/c1-3-17-8-11-12(15)14(13(18)19-11)9-5-4-6-10(7-9)16-2/h4-8H,3H2,1-2H3/b11-8-.